The molecular weight excluding hydrogens is 202 g/mol. The quantitative estimate of drug-likeness (QED) is 0.763. The summed E-state index contributed by atoms with van der Waals surface area (Å²) in [5.41, 5.74) is 1.05. The van der Waals surface area contributed by atoms with Crippen LogP contribution in [0.2, 0.25) is 0 Å². The molecule has 3 heteroatoms. The predicted octanol–water partition coefficient (Wildman–Crippen LogP) is 2.24. The molecule has 1 amide bonds. The number of amides is 1. The molecule has 0 aliphatic heterocycles. The van der Waals surface area contributed by atoms with Crippen LogP contribution in [-0.4, -0.2) is 31.0 Å². The summed E-state index contributed by atoms with van der Waals surface area (Å²) in [5, 5.41) is 0. The molecule has 0 atom stereocenters. The molecule has 0 aromatic heterocycles. The molecule has 0 heterocycles. The Balaban J connectivity index is 2.46. The molecule has 1 rings (SSSR count). The highest BCUT2D eigenvalue weighted by Crippen LogP contribution is 2.15. The number of ether oxygens (including phenoxy) is 1. The van der Waals surface area contributed by atoms with Crippen molar-refractivity contribution in [2.45, 2.75) is 20.3 Å². The van der Waals surface area contributed by atoms with E-state index >= 15 is 0 Å². The molecule has 16 heavy (non-hydrogen) atoms. The van der Waals surface area contributed by atoms with Crippen LogP contribution in [0.5, 0.6) is 5.75 Å². The normalized spacial score (nSPS) is 9.94. The molecule has 3 nitrogen and oxygen atoms in total. The number of aryl methyl sites for hydroxylation is 1. The molecule has 0 aliphatic rings. The van der Waals surface area contributed by atoms with E-state index in [0.29, 0.717) is 0 Å². The first-order chi connectivity index (χ1) is 7.65. The molecule has 0 N–H and O–H groups in total. The zero-order chi connectivity index (χ0) is 12.0. The van der Waals surface area contributed by atoms with E-state index in [1.807, 2.05) is 38.1 Å². The Kier molecular flexibility index (Phi) is 4.83. The van der Waals surface area contributed by atoms with Gasteiger partial charge in [0.2, 0.25) is 0 Å². The third-order valence-electron chi connectivity index (χ3n) is 2.43. The van der Waals surface area contributed by atoms with Crippen molar-refractivity contribution >= 4 is 5.91 Å². The second-order valence-corrected chi connectivity index (χ2v) is 3.87. The Morgan fingerprint density at radius 1 is 1.38 bits per heavy atom. The van der Waals surface area contributed by atoms with Crippen LogP contribution in [0.3, 0.4) is 0 Å². The minimum atomic E-state index is 0.0186. The van der Waals surface area contributed by atoms with Gasteiger partial charge < -0.3 is 9.64 Å². The third kappa shape index (κ3) is 3.57. The monoisotopic (exact) mass is 221 g/mol. The van der Waals surface area contributed by atoms with E-state index in [-0.39, 0.29) is 12.5 Å². The molecule has 0 radical (unpaired) electrons. The second-order valence-electron chi connectivity index (χ2n) is 3.87. The zero-order valence-electron chi connectivity index (χ0n) is 10.2. The fraction of sp³-hybridized carbons (Fsp3) is 0.462. The summed E-state index contributed by atoms with van der Waals surface area (Å²) in [4.78, 5) is 13.3. The van der Waals surface area contributed by atoms with E-state index in [4.69, 9.17) is 4.74 Å². The number of carbonyl (C=O) groups excluding carboxylic acids is 1. The lowest BCUT2D eigenvalue weighted by Gasteiger charge is -2.16. The average molecular weight is 221 g/mol. The van der Waals surface area contributed by atoms with E-state index in [1.165, 1.54) is 0 Å². The summed E-state index contributed by atoms with van der Waals surface area (Å²) in [7, 11) is 1.80. The predicted molar refractivity (Wildman–Crippen MR) is 64.6 cm³/mol. The molecule has 0 spiro atoms. The molecule has 1 aromatic rings. The van der Waals surface area contributed by atoms with Crippen molar-refractivity contribution in [1.29, 1.82) is 0 Å². The van der Waals surface area contributed by atoms with Crippen molar-refractivity contribution in [3.8, 4) is 5.75 Å². The molecular formula is C13H19NO2. The third-order valence-corrected chi connectivity index (χ3v) is 2.43. The highest BCUT2D eigenvalue weighted by atomic mass is 16.5. The molecule has 0 fully saturated rings. The van der Waals surface area contributed by atoms with Gasteiger partial charge in [0.25, 0.3) is 5.91 Å². The SMILES string of the molecule is CCCN(C)C(=O)COc1ccccc1C. The smallest absolute Gasteiger partial charge is 0.260 e. The summed E-state index contributed by atoms with van der Waals surface area (Å²) in [6, 6.07) is 7.70. The minimum absolute atomic E-state index is 0.0186. The summed E-state index contributed by atoms with van der Waals surface area (Å²) in [5.74, 6) is 0.797. The van der Waals surface area contributed by atoms with Gasteiger partial charge in [-0.05, 0) is 25.0 Å². The number of likely N-dealkylation sites (N-methyl/N-ethyl adjacent to an activating group) is 1. The van der Waals surface area contributed by atoms with Gasteiger partial charge in [0, 0.05) is 13.6 Å². The summed E-state index contributed by atoms with van der Waals surface area (Å²) in [6.45, 7) is 4.90. The fourth-order valence-corrected chi connectivity index (χ4v) is 1.43. The van der Waals surface area contributed by atoms with Gasteiger partial charge in [-0.3, -0.25) is 4.79 Å². The van der Waals surface area contributed by atoms with E-state index in [0.717, 1.165) is 24.3 Å². The Morgan fingerprint density at radius 2 is 2.06 bits per heavy atom. The number of benzene rings is 1. The first kappa shape index (κ1) is 12.6. The van der Waals surface area contributed by atoms with Crippen molar-refractivity contribution in [2.75, 3.05) is 20.2 Å². The van der Waals surface area contributed by atoms with E-state index in [1.54, 1.807) is 11.9 Å². The second kappa shape index (κ2) is 6.16. The molecule has 0 unspecified atom stereocenters. The molecule has 0 bridgehead atoms. The largest absolute Gasteiger partial charge is 0.484 e. The van der Waals surface area contributed by atoms with E-state index < -0.39 is 0 Å². The van der Waals surface area contributed by atoms with Crippen LogP contribution in [0.1, 0.15) is 18.9 Å². The Morgan fingerprint density at radius 3 is 2.69 bits per heavy atom. The Bertz CT molecular complexity index is 350. The minimum Gasteiger partial charge on any atom is -0.484 e. The number of para-hydroxylation sites is 1. The van der Waals surface area contributed by atoms with Crippen molar-refractivity contribution < 1.29 is 9.53 Å². The lowest BCUT2D eigenvalue weighted by Crippen LogP contribution is -2.32. The standard InChI is InChI=1S/C13H19NO2/c1-4-9-14(3)13(15)10-16-12-8-6-5-7-11(12)2/h5-8H,4,9-10H2,1-3H3. The lowest BCUT2D eigenvalue weighted by molar-refractivity contribution is -0.132. The van der Waals surface area contributed by atoms with Crippen molar-refractivity contribution in [2.24, 2.45) is 0 Å². The van der Waals surface area contributed by atoms with Crippen LogP contribution in [0.25, 0.3) is 0 Å². The number of nitrogens with zero attached hydrogens (tertiary/aromatic N) is 1. The topological polar surface area (TPSA) is 29.5 Å². The van der Waals surface area contributed by atoms with Gasteiger partial charge in [-0.1, -0.05) is 25.1 Å². The maximum atomic E-state index is 11.6. The molecule has 0 aliphatic carbocycles. The summed E-state index contributed by atoms with van der Waals surface area (Å²) in [6.07, 6.45) is 0.965. The van der Waals surface area contributed by atoms with Crippen LogP contribution in [0.4, 0.5) is 0 Å². The number of carbonyl (C=O) groups is 1. The van der Waals surface area contributed by atoms with E-state index in [2.05, 4.69) is 0 Å². The van der Waals surface area contributed by atoms with Crippen LogP contribution in [0, 0.1) is 6.92 Å². The van der Waals surface area contributed by atoms with Gasteiger partial charge in [0.05, 0.1) is 0 Å². The van der Waals surface area contributed by atoms with Gasteiger partial charge in [-0.25, -0.2) is 0 Å². The summed E-state index contributed by atoms with van der Waals surface area (Å²) >= 11 is 0. The highest BCUT2D eigenvalue weighted by Gasteiger charge is 2.08. The van der Waals surface area contributed by atoms with Crippen LogP contribution < -0.4 is 4.74 Å². The maximum absolute atomic E-state index is 11.6. The first-order valence-electron chi connectivity index (χ1n) is 5.57. The summed E-state index contributed by atoms with van der Waals surface area (Å²) < 4.78 is 5.47. The molecule has 1 aromatic carbocycles. The number of hydrogen-bond acceptors (Lipinski definition) is 2. The molecule has 0 saturated carbocycles. The van der Waals surface area contributed by atoms with Crippen molar-refractivity contribution in [1.82, 2.24) is 4.90 Å². The van der Waals surface area contributed by atoms with Crippen LogP contribution in [0.15, 0.2) is 24.3 Å². The fourth-order valence-electron chi connectivity index (χ4n) is 1.43. The average Bonchev–Trinajstić information content (AvgIpc) is 2.28. The van der Waals surface area contributed by atoms with Gasteiger partial charge >= 0.3 is 0 Å². The Hall–Kier alpha value is -1.51. The van der Waals surface area contributed by atoms with Crippen LogP contribution >= 0.6 is 0 Å². The molecule has 88 valence electrons. The Labute approximate surface area is 97.0 Å². The number of rotatable bonds is 5. The van der Waals surface area contributed by atoms with Gasteiger partial charge in [0.1, 0.15) is 5.75 Å². The van der Waals surface area contributed by atoms with Gasteiger partial charge in [0.15, 0.2) is 6.61 Å². The number of hydrogen-bond donors (Lipinski definition) is 0. The van der Waals surface area contributed by atoms with Crippen molar-refractivity contribution in [3.05, 3.63) is 29.8 Å². The van der Waals surface area contributed by atoms with Gasteiger partial charge in [-0.15, -0.1) is 0 Å². The lowest BCUT2D eigenvalue weighted by atomic mass is 10.2. The highest BCUT2D eigenvalue weighted by molar-refractivity contribution is 5.77. The maximum Gasteiger partial charge on any atom is 0.260 e. The van der Waals surface area contributed by atoms with E-state index in [9.17, 15) is 4.79 Å². The first-order valence-corrected chi connectivity index (χ1v) is 5.57. The van der Waals surface area contributed by atoms with Crippen LogP contribution in [-0.2, 0) is 4.79 Å². The zero-order valence-corrected chi connectivity index (χ0v) is 10.2. The van der Waals surface area contributed by atoms with Crippen molar-refractivity contribution in [3.63, 3.8) is 0 Å². The van der Waals surface area contributed by atoms with Gasteiger partial charge in [-0.2, -0.15) is 0 Å². The molecule has 0 saturated heterocycles.